The van der Waals surface area contributed by atoms with Crippen molar-refractivity contribution in [1.29, 1.82) is 0 Å². The molecule has 0 aromatic carbocycles. The van der Waals surface area contributed by atoms with E-state index in [0.29, 0.717) is 0 Å². The van der Waals surface area contributed by atoms with Gasteiger partial charge in [-0.15, -0.1) is 0 Å². The molecule has 9 nitrogen and oxygen atoms in total. The first-order chi connectivity index (χ1) is 24.8. The monoisotopic (exact) mass is 724 g/mol. The number of allylic oxidation sites excluding steroid dienone is 5. The average molecular weight is 724 g/mol. The number of hydrogen-bond acceptors (Lipinski definition) is 8. The molecular weight excluding hydrogens is 646 g/mol. The van der Waals surface area contributed by atoms with Gasteiger partial charge >= 0.3 is 0 Å². The van der Waals surface area contributed by atoms with E-state index in [2.05, 4.69) is 36.5 Å². The predicted molar refractivity (Wildman–Crippen MR) is 207 cm³/mol. The van der Waals surface area contributed by atoms with Crippen LogP contribution < -0.4 is 5.32 Å². The Bertz CT molecular complexity index is 894. The Morgan fingerprint density at radius 1 is 0.647 bits per heavy atom. The van der Waals surface area contributed by atoms with Crippen LogP contribution in [0.15, 0.2) is 36.5 Å². The molecule has 7 unspecified atom stereocenters. The van der Waals surface area contributed by atoms with Gasteiger partial charge in [0.05, 0.1) is 25.4 Å². The smallest absolute Gasteiger partial charge is 0.217 e. The Hall–Kier alpha value is -1.59. The molecule has 9 heteroatoms. The van der Waals surface area contributed by atoms with Crippen molar-refractivity contribution in [2.24, 2.45) is 0 Å². The topological polar surface area (TPSA) is 149 Å². The summed E-state index contributed by atoms with van der Waals surface area (Å²) < 4.78 is 10.8. The molecule has 0 spiro atoms. The SMILES string of the molecule is CCCCCCCCCCCCCCCCCCCCC/C=C/CC/C=C/CC/C=C/C(O)C(COC1OC(CO)C(O)C(O)C1O)NC(C)=O. The molecule has 0 saturated carbocycles. The summed E-state index contributed by atoms with van der Waals surface area (Å²) in [7, 11) is 0. The molecule has 1 aliphatic heterocycles. The third-order valence-corrected chi connectivity index (χ3v) is 9.73. The average Bonchev–Trinajstić information content (AvgIpc) is 3.12. The molecule has 0 aromatic heterocycles. The predicted octanol–water partition coefficient (Wildman–Crippen LogP) is 7.72. The van der Waals surface area contributed by atoms with Crippen molar-refractivity contribution in [3.05, 3.63) is 36.5 Å². The highest BCUT2D eigenvalue weighted by molar-refractivity contribution is 5.73. The van der Waals surface area contributed by atoms with Gasteiger partial charge in [-0.1, -0.05) is 159 Å². The normalized spacial score (nSPS) is 22.4. The van der Waals surface area contributed by atoms with Gasteiger partial charge < -0.3 is 40.3 Å². The lowest BCUT2D eigenvalue weighted by Crippen LogP contribution is -2.60. The fourth-order valence-electron chi connectivity index (χ4n) is 6.46. The van der Waals surface area contributed by atoms with Crippen LogP contribution in [0, 0.1) is 0 Å². The molecule has 1 heterocycles. The summed E-state index contributed by atoms with van der Waals surface area (Å²) in [6.07, 6.45) is 35.8. The van der Waals surface area contributed by atoms with Gasteiger partial charge in [-0.3, -0.25) is 4.79 Å². The van der Waals surface area contributed by atoms with Crippen molar-refractivity contribution in [2.45, 2.75) is 211 Å². The van der Waals surface area contributed by atoms with Gasteiger partial charge in [0.15, 0.2) is 6.29 Å². The van der Waals surface area contributed by atoms with Crippen molar-refractivity contribution < 1.29 is 39.8 Å². The Labute approximate surface area is 311 Å². The van der Waals surface area contributed by atoms with Gasteiger partial charge in [0.25, 0.3) is 0 Å². The molecule has 0 aromatic rings. The van der Waals surface area contributed by atoms with Crippen molar-refractivity contribution in [1.82, 2.24) is 5.32 Å². The van der Waals surface area contributed by atoms with Crippen LogP contribution in [0.5, 0.6) is 0 Å². The van der Waals surface area contributed by atoms with E-state index < -0.39 is 49.5 Å². The van der Waals surface area contributed by atoms with Gasteiger partial charge in [-0.2, -0.15) is 0 Å². The van der Waals surface area contributed by atoms with Gasteiger partial charge in [0.2, 0.25) is 5.91 Å². The highest BCUT2D eigenvalue weighted by atomic mass is 16.7. The van der Waals surface area contributed by atoms with Crippen molar-refractivity contribution in [3.63, 3.8) is 0 Å². The standard InChI is InChI=1S/C42H77NO8/c1-3-4-5-6-7-8-9-10-11-12-13-14-15-16-17-18-19-20-21-22-23-24-25-26-27-28-29-30-31-32-37(46)36(43-35(2)45)34-50-42-41(49)40(48)39(47)38(33-44)51-42/h23-24,27-28,31-32,36-42,44,46-49H,3-22,25-26,29-30,33-34H2,1-2H3,(H,43,45)/b24-23+,28-27+,32-31+. The summed E-state index contributed by atoms with van der Waals surface area (Å²) in [5.41, 5.74) is 0. The lowest BCUT2D eigenvalue weighted by molar-refractivity contribution is -0.302. The number of aliphatic hydroxyl groups excluding tert-OH is 5. The van der Waals surface area contributed by atoms with Crippen LogP contribution in [0.1, 0.15) is 168 Å². The minimum Gasteiger partial charge on any atom is -0.394 e. The third kappa shape index (κ3) is 25.1. The Morgan fingerprint density at radius 3 is 1.53 bits per heavy atom. The van der Waals surface area contributed by atoms with Gasteiger partial charge in [-0.25, -0.2) is 0 Å². The van der Waals surface area contributed by atoms with Gasteiger partial charge in [0, 0.05) is 6.92 Å². The van der Waals surface area contributed by atoms with E-state index in [1.807, 2.05) is 6.08 Å². The molecule has 51 heavy (non-hydrogen) atoms. The Balaban J connectivity index is 2.00. The maximum absolute atomic E-state index is 11.7. The highest BCUT2D eigenvalue weighted by Gasteiger charge is 2.44. The Kier molecular flexibility index (Phi) is 30.7. The zero-order valence-corrected chi connectivity index (χ0v) is 32.4. The third-order valence-electron chi connectivity index (χ3n) is 9.73. The highest BCUT2D eigenvalue weighted by Crippen LogP contribution is 2.22. The summed E-state index contributed by atoms with van der Waals surface area (Å²) in [6.45, 7) is 2.81. The first kappa shape index (κ1) is 47.4. The molecule has 1 aliphatic rings. The van der Waals surface area contributed by atoms with Crippen molar-refractivity contribution in [3.8, 4) is 0 Å². The molecule has 6 N–H and O–H groups in total. The van der Waals surface area contributed by atoms with Crippen molar-refractivity contribution in [2.75, 3.05) is 13.2 Å². The summed E-state index contributed by atoms with van der Waals surface area (Å²) in [4.78, 5) is 11.7. The van der Waals surface area contributed by atoms with Gasteiger partial charge in [-0.05, 0) is 38.5 Å². The maximum atomic E-state index is 11.7. The molecule has 0 aliphatic carbocycles. The molecule has 0 radical (unpaired) electrons. The number of amides is 1. The van der Waals surface area contributed by atoms with Crippen LogP contribution in [0.25, 0.3) is 0 Å². The lowest BCUT2D eigenvalue weighted by Gasteiger charge is -2.40. The summed E-state index contributed by atoms with van der Waals surface area (Å²) in [5, 5.41) is 52.6. The zero-order chi connectivity index (χ0) is 37.4. The van der Waals surface area contributed by atoms with Crippen LogP contribution in [-0.4, -0.2) is 87.5 Å². The minimum absolute atomic E-state index is 0.221. The first-order valence-electron chi connectivity index (χ1n) is 20.7. The van der Waals surface area contributed by atoms with Crippen LogP contribution in [0.4, 0.5) is 0 Å². The number of aliphatic hydroxyl groups is 5. The maximum Gasteiger partial charge on any atom is 0.217 e. The van der Waals surface area contributed by atoms with Crippen LogP contribution in [0.3, 0.4) is 0 Å². The van der Waals surface area contributed by atoms with E-state index >= 15 is 0 Å². The quantitative estimate of drug-likeness (QED) is 0.0298. The second-order valence-electron chi connectivity index (χ2n) is 14.5. The molecular formula is C42H77NO8. The molecule has 0 bridgehead atoms. The second kappa shape index (κ2) is 33.0. The second-order valence-corrected chi connectivity index (χ2v) is 14.5. The number of carbonyl (C=O) groups is 1. The van der Waals surface area contributed by atoms with E-state index in [1.165, 1.54) is 135 Å². The number of nitrogens with one attached hydrogen (secondary N) is 1. The molecule has 1 amide bonds. The minimum atomic E-state index is -1.57. The van der Waals surface area contributed by atoms with Crippen LogP contribution in [0.2, 0.25) is 0 Å². The number of carbonyl (C=O) groups excluding carboxylic acids is 1. The lowest BCUT2D eigenvalue weighted by atomic mass is 9.99. The van der Waals surface area contributed by atoms with E-state index in [9.17, 15) is 30.3 Å². The summed E-state index contributed by atoms with van der Waals surface area (Å²) >= 11 is 0. The van der Waals surface area contributed by atoms with Gasteiger partial charge in [0.1, 0.15) is 24.4 Å². The van der Waals surface area contributed by atoms with E-state index in [1.54, 1.807) is 6.08 Å². The number of hydrogen-bond donors (Lipinski definition) is 6. The fourth-order valence-corrected chi connectivity index (χ4v) is 6.46. The number of rotatable bonds is 33. The summed E-state index contributed by atoms with van der Waals surface area (Å²) in [6, 6.07) is -0.827. The molecule has 1 saturated heterocycles. The number of unbranched alkanes of at least 4 members (excludes halogenated alkanes) is 21. The molecule has 7 atom stereocenters. The molecule has 1 fully saturated rings. The molecule has 1 rings (SSSR count). The van der Waals surface area contributed by atoms with Crippen LogP contribution in [-0.2, 0) is 14.3 Å². The van der Waals surface area contributed by atoms with E-state index in [0.717, 1.165) is 25.7 Å². The summed E-state index contributed by atoms with van der Waals surface area (Å²) in [5.74, 6) is -0.368. The largest absolute Gasteiger partial charge is 0.394 e. The Morgan fingerprint density at radius 2 is 1.08 bits per heavy atom. The van der Waals surface area contributed by atoms with E-state index in [-0.39, 0.29) is 12.5 Å². The first-order valence-corrected chi connectivity index (χ1v) is 20.7. The fraction of sp³-hybridized carbons (Fsp3) is 0.833. The van der Waals surface area contributed by atoms with Crippen LogP contribution >= 0.6 is 0 Å². The number of ether oxygens (including phenoxy) is 2. The molecule has 298 valence electrons. The zero-order valence-electron chi connectivity index (χ0n) is 32.4. The van der Waals surface area contributed by atoms with Crippen molar-refractivity contribution >= 4 is 5.91 Å². The van der Waals surface area contributed by atoms with E-state index in [4.69, 9.17) is 9.47 Å².